The van der Waals surface area contributed by atoms with E-state index in [-0.39, 0.29) is 58.1 Å². The van der Waals surface area contributed by atoms with Crippen molar-refractivity contribution in [2.75, 3.05) is 38.4 Å². The highest BCUT2D eigenvalue weighted by atomic mass is 33.1. The van der Waals surface area contributed by atoms with E-state index in [1.165, 1.54) is 64.1 Å². The molecule has 13 nitrogen and oxygen atoms in total. The number of aromatic amines is 1. The quantitative estimate of drug-likeness (QED) is 0.0508. The summed E-state index contributed by atoms with van der Waals surface area (Å²) in [6, 6.07) is 21.2. The molecule has 2 saturated heterocycles. The lowest BCUT2D eigenvalue weighted by atomic mass is 9.78. The third-order valence-corrected chi connectivity index (χ3v) is 13.7. The number of H-pyrrole nitrogens is 1. The van der Waals surface area contributed by atoms with Crippen LogP contribution in [0.25, 0.3) is 28.2 Å². The molecular formula is C46H53N3O10S2. The second-order valence-electron chi connectivity index (χ2n) is 15.7. The lowest BCUT2D eigenvalue weighted by Gasteiger charge is -2.48. The molecule has 0 aliphatic carbocycles. The van der Waals surface area contributed by atoms with Crippen LogP contribution in [0, 0.1) is 11.8 Å². The summed E-state index contributed by atoms with van der Waals surface area (Å²) in [5, 5.41) is 50.8. The molecule has 0 bridgehead atoms. The van der Waals surface area contributed by atoms with Gasteiger partial charge in [0.2, 0.25) is 6.29 Å². The fourth-order valence-electron chi connectivity index (χ4n) is 8.26. The summed E-state index contributed by atoms with van der Waals surface area (Å²) >= 11 is 0. The van der Waals surface area contributed by atoms with Crippen LogP contribution in [0.15, 0.2) is 107 Å². The first-order chi connectivity index (χ1) is 29.6. The first-order valence-electron chi connectivity index (χ1n) is 20.5. The Balaban J connectivity index is 1.15. The van der Waals surface area contributed by atoms with Crippen molar-refractivity contribution < 1.29 is 43.8 Å². The number of aliphatic hydroxyl groups excluding tert-OH is 1. The maximum atomic E-state index is 13.5. The van der Waals surface area contributed by atoms with Crippen molar-refractivity contribution in [2.45, 2.75) is 62.3 Å². The van der Waals surface area contributed by atoms with Gasteiger partial charge in [0.05, 0.1) is 10.9 Å². The summed E-state index contributed by atoms with van der Waals surface area (Å²) in [4.78, 5) is 29.2. The number of rotatable bonds is 13. The smallest absolute Gasteiger partial charge is 0.335 e. The maximum Gasteiger partial charge on any atom is 0.335 e. The average Bonchev–Trinajstić information content (AvgIpc) is 3.79. The molecule has 2 aliphatic rings. The van der Waals surface area contributed by atoms with Crippen LogP contribution in [0.4, 0.5) is 0 Å². The number of hydrogen-bond donors (Lipinski definition) is 7. The Morgan fingerprint density at radius 1 is 1.11 bits per heavy atom. The number of hydrogen-bond acceptors (Lipinski definition) is 13. The minimum atomic E-state index is -2.09. The number of aromatic nitrogens is 1. The van der Waals surface area contributed by atoms with E-state index in [9.17, 15) is 30.0 Å². The predicted octanol–water partition coefficient (Wildman–Crippen LogP) is 6.39. The third-order valence-electron chi connectivity index (χ3n) is 11.6. The molecule has 8 unspecified atom stereocenters. The lowest BCUT2D eigenvalue weighted by Crippen LogP contribution is -2.72. The zero-order chi connectivity index (χ0) is 42.9. The van der Waals surface area contributed by atoms with Gasteiger partial charge < -0.3 is 54.7 Å². The fourth-order valence-corrected chi connectivity index (χ4v) is 10.3. The van der Waals surface area contributed by atoms with Crippen LogP contribution in [0.3, 0.4) is 0 Å². The number of β-amino-alcohol motifs (C(OH)–C–C–N with tert-alkyl or cyclic N) is 1. The molecule has 7 rings (SSSR count). The van der Waals surface area contributed by atoms with Crippen LogP contribution >= 0.6 is 21.6 Å². The standard InChI is InChI=1S/C46H53N3O10S2/c1-28(7-5-10-29-8-3-4-9-30(29)11-6-19-47-2)36-23-49-26-46(55)43(57-27-61-60-25-38(36)32-18-20-48-22-32)41(52)42(44(53)54)59-45(46)58-34-16-17-35-39(21-34)56-24-37(40(35)51)31-12-14-33(50)15-13-31/h3-5,8-10,12-18,20-22,24,28,36,38,41-43,45,47-50,52,55H,6-7,11,19,23,25-27H2,1-2H3,(H,53,54). The predicted molar refractivity (Wildman–Crippen MR) is 239 cm³/mol. The number of aliphatic hydroxyl groups is 2. The second kappa shape index (κ2) is 20.5. The van der Waals surface area contributed by atoms with Crippen molar-refractivity contribution in [3.8, 4) is 22.6 Å². The molecule has 2 aliphatic heterocycles. The SMILES string of the molecule is CNCCCc1ccccc1C=CCC(C)C1CNCC2(O)C(Oc3ccc4c(=O)c(-c5ccc(O)cc5)coc4c3)OC(C(=O)O)C(O)C2OCSSCC1c1cc[nH]c1. The number of carboxylic acid groups (broad SMARTS) is 1. The molecule has 0 amide bonds. The molecule has 324 valence electrons. The molecule has 3 aromatic carbocycles. The highest BCUT2D eigenvalue weighted by Gasteiger charge is 2.59. The fraction of sp³-hybridized carbons (Fsp3) is 0.391. The van der Waals surface area contributed by atoms with Gasteiger partial charge in [-0.25, -0.2) is 4.79 Å². The number of carbonyl (C=O) groups is 1. The molecule has 0 radical (unpaired) electrons. The van der Waals surface area contributed by atoms with Gasteiger partial charge in [-0.15, -0.1) is 0 Å². The van der Waals surface area contributed by atoms with Crippen molar-refractivity contribution in [3.63, 3.8) is 0 Å². The van der Waals surface area contributed by atoms with Crippen LogP contribution in [-0.2, 0) is 20.7 Å². The Bertz CT molecular complexity index is 2310. The van der Waals surface area contributed by atoms with Gasteiger partial charge in [-0.3, -0.25) is 4.79 Å². The maximum absolute atomic E-state index is 13.5. The molecular weight excluding hydrogens is 819 g/mol. The van der Waals surface area contributed by atoms with Crippen LogP contribution in [0.2, 0.25) is 0 Å². The summed E-state index contributed by atoms with van der Waals surface area (Å²) < 4.78 is 24.2. The highest BCUT2D eigenvalue weighted by molar-refractivity contribution is 8.76. The first-order valence-corrected chi connectivity index (χ1v) is 22.9. The molecule has 2 aromatic heterocycles. The number of benzene rings is 3. The van der Waals surface area contributed by atoms with E-state index in [0.29, 0.717) is 17.7 Å². The number of nitrogens with one attached hydrogen (secondary N) is 3. The van der Waals surface area contributed by atoms with Crippen LogP contribution in [0.5, 0.6) is 11.5 Å². The summed E-state index contributed by atoms with van der Waals surface area (Å²) in [5.41, 5.74) is 2.32. The van der Waals surface area contributed by atoms with Gasteiger partial charge in [0, 0.05) is 30.8 Å². The number of ether oxygens (including phenoxy) is 3. The zero-order valence-electron chi connectivity index (χ0n) is 34.1. The van der Waals surface area contributed by atoms with Gasteiger partial charge in [-0.05, 0) is 110 Å². The molecule has 61 heavy (non-hydrogen) atoms. The Morgan fingerprint density at radius 2 is 1.93 bits per heavy atom. The number of aryl methyl sites for hydroxylation is 1. The summed E-state index contributed by atoms with van der Waals surface area (Å²) in [7, 11) is 5.00. The van der Waals surface area contributed by atoms with Gasteiger partial charge in [0.15, 0.2) is 17.1 Å². The third kappa shape index (κ3) is 10.4. The zero-order valence-corrected chi connectivity index (χ0v) is 35.7. The second-order valence-corrected chi connectivity index (χ2v) is 18.1. The average molecular weight is 872 g/mol. The Hall–Kier alpha value is -4.58. The Labute approximate surface area is 362 Å². The number of phenols is 1. The van der Waals surface area contributed by atoms with E-state index in [4.69, 9.17) is 18.6 Å². The number of phenolic OH excluding ortho intramolecular Hbond substituents is 1. The number of carboxylic acids is 1. The number of aliphatic carboxylic acids is 1. The molecule has 15 heteroatoms. The van der Waals surface area contributed by atoms with E-state index in [1.807, 2.05) is 19.4 Å². The van der Waals surface area contributed by atoms with Crippen molar-refractivity contribution in [1.82, 2.24) is 15.6 Å². The minimum Gasteiger partial charge on any atom is -0.508 e. The topological polar surface area (TPSA) is 196 Å². The van der Waals surface area contributed by atoms with Gasteiger partial charge in [-0.1, -0.05) is 77.1 Å². The Kier molecular flexibility index (Phi) is 15.0. The molecule has 0 spiro atoms. The summed E-state index contributed by atoms with van der Waals surface area (Å²) in [5.74, 6) is -0.0716. The van der Waals surface area contributed by atoms with Crippen molar-refractivity contribution in [2.24, 2.45) is 11.8 Å². The molecule has 8 atom stereocenters. The normalized spacial score (nSPS) is 25.6. The molecule has 7 N–H and O–H groups in total. The van der Waals surface area contributed by atoms with E-state index in [2.05, 4.69) is 65.0 Å². The van der Waals surface area contributed by atoms with Gasteiger partial charge >= 0.3 is 5.97 Å². The molecule has 4 heterocycles. The van der Waals surface area contributed by atoms with Crippen molar-refractivity contribution >= 4 is 44.6 Å². The largest absolute Gasteiger partial charge is 0.508 e. The van der Waals surface area contributed by atoms with Crippen LogP contribution in [-0.4, -0.2) is 100.0 Å². The van der Waals surface area contributed by atoms with Gasteiger partial charge in [-0.2, -0.15) is 0 Å². The monoisotopic (exact) mass is 871 g/mol. The van der Waals surface area contributed by atoms with Gasteiger partial charge in [0.1, 0.15) is 41.5 Å². The minimum absolute atomic E-state index is 0.0365. The molecule has 5 aromatic rings. The van der Waals surface area contributed by atoms with Crippen molar-refractivity contribution in [3.05, 3.63) is 124 Å². The number of fused-ring (bicyclic) bond motifs is 2. The van der Waals surface area contributed by atoms with E-state index in [1.54, 1.807) is 22.9 Å². The Morgan fingerprint density at radius 3 is 2.70 bits per heavy atom. The first kappa shape index (κ1) is 44.5. The van der Waals surface area contributed by atoms with Crippen LogP contribution in [0.1, 0.15) is 42.4 Å². The summed E-state index contributed by atoms with van der Waals surface area (Å²) in [6.45, 7) is 3.47. The van der Waals surface area contributed by atoms with E-state index < -0.39 is 36.2 Å². The molecule has 0 saturated carbocycles. The number of aromatic hydroxyl groups is 1. The van der Waals surface area contributed by atoms with Crippen molar-refractivity contribution in [1.29, 1.82) is 0 Å². The number of allylic oxidation sites excluding steroid dienone is 1. The summed E-state index contributed by atoms with van der Waals surface area (Å²) in [6.07, 6.45) is 5.98. The van der Waals surface area contributed by atoms with E-state index >= 15 is 0 Å². The van der Waals surface area contributed by atoms with Gasteiger partial charge in [0.25, 0.3) is 0 Å². The lowest BCUT2D eigenvalue weighted by molar-refractivity contribution is -0.316. The molecule has 2 fully saturated rings. The highest BCUT2D eigenvalue weighted by Crippen LogP contribution is 2.41. The van der Waals surface area contributed by atoms with E-state index in [0.717, 1.165) is 31.6 Å². The van der Waals surface area contributed by atoms with Crippen LogP contribution < -0.4 is 20.8 Å².